The standard InChI is InChI=1S/C11H25N3O2S/c1-10(2)14-8-4-11(5-9-14)12-6-7-13-17(3,15)16/h10-13H,4-9H2,1-3H3. The topological polar surface area (TPSA) is 61.4 Å². The van der Waals surface area contributed by atoms with Crippen molar-refractivity contribution < 1.29 is 8.42 Å². The van der Waals surface area contributed by atoms with Crippen LogP contribution in [0.2, 0.25) is 0 Å². The van der Waals surface area contributed by atoms with Crippen molar-refractivity contribution >= 4 is 10.0 Å². The van der Waals surface area contributed by atoms with Crippen LogP contribution in [0.5, 0.6) is 0 Å². The van der Waals surface area contributed by atoms with Gasteiger partial charge in [0.2, 0.25) is 10.0 Å². The smallest absolute Gasteiger partial charge is 0.208 e. The van der Waals surface area contributed by atoms with Crippen LogP contribution in [0.3, 0.4) is 0 Å². The monoisotopic (exact) mass is 263 g/mol. The quantitative estimate of drug-likeness (QED) is 0.662. The van der Waals surface area contributed by atoms with Gasteiger partial charge in [-0.3, -0.25) is 0 Å². The lowest BCUT2D eigenvalue weighted by Crippen LogP contribution is -2.46. The minimum absolute atomic E-state index is 0.475. The molecule has 0 unspecified atom stereocenters. The van der Waals surface area contributed by atoms with Crippen molar-refractivity contribution in [3.8, 4) is 0 Å². The van der Waals surface area contributed by atoms with Gasteiger partial charge < -0.3 is 10.2 Å². The van der Waals surface area contributed by atoms with Crippen molar-refractivity contribution in [2.75, 3.05) is 32.4 Å². The summed E-state index contributed by atoms with van der Waals surface area (Å²) in [5.41, 5.74) is 0. The van der Waals surface area contributed by atoms with Crippen molar-refractivity contribution in [3.63, 3.8) is 0 Å². The molecule has 1 rings (SSSR count). The molecule has 0 atom stereocenters. The second kappa shape index (κ2) is 6.68. The van der Waals surface area contributed by atoms with Gasteiger partial charge in [0.25, 0.3) is 0 Å². The largest absolute Gasteiger partial charge is 0.313 e. The summed E-state index contributed by atoms with van der Waals surface area (Å²) < 4.78 is 24.2. The van der Waals surface area contributed by atoms with Crippen LogP contribution in [-0.4, -0.2) is 57.8 Å². The number of piperidine rings is 1. The average Bonchev–Trinajstić information content (AvgIpc) is 2.24. The van der Waals surface area contributed by atoms with E-state index in [0.717, 1.165) is 25.9 Å². The van der Waals surface area contributed by atoms with Crippen LogP contribution < -0.4 is 10.0 Å². The van der Waals surface area contributed by atoms with Gasteiger partial charge in [-0.2, -0.15) is 0 Å². The molecule has 6 heteroatoms. The third-order valence-electron chi connectivity index (χ3n) is 3.18. The molecule has 1 aliphatic heterocycles. The Morgan fingerprint density at radius 1 is 1.24 bits per heavy atom. The van der Waals surface area contributed by atoms with Gasteiger partial charge in [0.15, 0.2) is 0 Å². The first-order valence-electron chi connectivity index (χ1n) is 6.30. The van der Waals surface area contributed by atoms with Crippen molar-refractivity contribution in [3.05, 3.63) is 0 Å². The number of likely N-dealkylation sites (tertiary alicyclic amines) is 1. The molecule has 1 aliphatic rings. The fourth-order valence-electron chi connectivity index (χ4n) is 2.13. The molecule has 0 spiro atoms. The number of nitrogens with zero attached hydrogens (tertiary/aromatic N) is 1. The summed E-state index contributed by atoms with van der Waals surface area (Å²) in [6.07, 6.45) is 3.49. The normalized spacial score (nSPS) is 20.0. The zero-order valence-electron chi connectivity index (χ0n) is 11.1. The molecular formula is C11H25N3O2S. The lowest BCUT2D eigenvalue weighted by atomic mass is 10.0. The van der Waals surface area contributed by atoms with Crippen LogP contribution >= 0.6 is 0 Å². The van der Waals surface area contributed by atoms with E-state index < -0.39 is 10.0 Å². The van der Waals surface area contributed by atoms with Gasteiger partial charge in [0.05, 0.1) is 6.26 Å². The molecule has 0 aromatic carbocycles. The van der Waals surface area contributed by atoms with E-state index in [1.54, 1.807) is 0 Å². The Balaban J connectivity index is 2.10. The summed E-state index contributed by atoms with van der Waals surface area (Å²) in [7, 11) is -3.05. The third kappa shape index (κ3) is 6.35. The van der Waals surface area contributed by atoms with Crippen molar-refractivity contribution in [2.24, 2.45) is 0 Å². The Kier molecular flexibility index (Phi) is 5.85. The molecule has 5 nitrogen and oxygen atoms in total. The summed E-state index contributed by atoms with van der Waals surface area (Å²) in [5, 5.41) is 3.40. The molecule has 17 heavy (non-hydrogen) atoms. The molecule has 0 aromatic rings. The van der Waals surface area contributed by atoms with Crippen molar-refractivity contribution in [1.29, 1.82) is 0 Å². The first-order valence-corrected chi connectivity index (χ1v) is 8.19. The lowest BCUT2D eigenvalue weighted by molar-refractivity contribution is 0.162. The highest BCUT2D eigenvalue weighted by Gasteiger charge is 2.19. The predicted molar refractivity (Wildman–Crippen MR) is 70.6 cm³/mol. The molecule has 1 fully saturated rings. The summed E-state index contributed by atoms with van der Waals surface area (Å²) in [6, 6.07) is 1.16. The Hall–Kier alpha value is -0.170. The first kappa shape index (κ1) is 14.9. The number of hydrogen-bond acceptors (Lipinski definition) is 4. The SMILES string of the molecule is CC(C)N1CCC(NCCNS(C)(=O)=O)CC1. The third-order valence-corrected chi connectivity index (χ3v) is 3.91. The van der Waals surface area contributed by atoms with E-state index in [0.29, 0.717) is 25.2 Å². The summed E-state index contributed by atoms with van der Waals surface area (Å²) in [6.45, 7) is 7.90. The van der Waals surface area contributed by atoms with E-state index in [-0.39, 0.29) is 0 Å². The van der Waals surface area contributed by atoms with E-state index in [9.17, 15) is 8.42 Å². The number of rotatable bonds is 6. The van der Waals surface area contributed by atoms with E-state index in [1.807, 2.05) is 0 Å². The molecule has 0 radical (unpaired) electrons. The second-order valence-corrected chi connectivity index (χ2v) is 6.86. The Morgan fingerprint density at radius 3 is 2.29 bits per heavy atom. The fourth-order valence-corrected chi connectivity index (χ4v) is 2.61. The summed E-state index contributed by atoms with van der Waals surface area (Å²) in [5.74, 6) is 0. The molecule has 102 valence electrons. The van der Waals surface area contributed by atoms with Crippen LogP contribution in [-0.2, 0) is 10.0 Å². The number of sulfonamides is 1. The van der Waals surface area contributed by atoms with Gasteiger partial charge in [-0.15, -0.1) is 0 Å². The van der Waals surface area contributed by atoms with E-state index in [4.69, 9.17) is 0 Å². The minimum Gasteiger partial charge on any atom is -0.313 e. The van der Waals surface area contributed by atoms with Crippen molar-refractivity contribution in [1.82, 2.24) is 14.9 Å². The predicted octanol–water partition coefficient (Wildman–Crippen LogP) is -0.00200. The van der Waals surface area contributed by atoms with E-state index in [1.165, 1.54) is 6.26 Å². The molecule has 0 aromatic heterocycles. The second-order valence-electron chi connectivity index (χ2n) is 5.02. The average molecular weight is 263 g/mol. The highest BCUT2D eigenvalue weighted by atomic mass is 32.2. The maximum atomic E-state index is 10.9. The number of nitrogens with one attached hydrogen (secondary N) is 2. The Morgan fingerprint density at radius 2 is 1.82 bits per heavy atom. The zero-order chi connectivity index (χ0) is 12.9. The molecule has 0 amide bonds. The molecule has 1 heterocycles. The van der Waals surface area contributed by atoms with Gasteiger partial charge in [-0.05, 0) is 39.8 Å². The fraction of sp³-hybridized carbons (Fsp3) is 1.00. The highest BCUT2D eigenvalue weighted by Crippen LogP contribution is 2.12. The molecule has 1 saturated heterocycles. The molecular weight excluding hydrogens is 238 g/mol. The Labute approximate surface area is 105 Å². The summed E-state index contributed by atoms with van der Waals surface area (Å²) >= 11 is 0. The van der Waals surface area contributed by atoms with Gasteiger partial charge in [-0.1, -0.05) is 0 Å². The maximum absolute atomic E-state index is 10.9. The molecule has 0 saturated carbocycles. The van der Waals surface area contributed by atoms with E-state index >= 15 is 0 Å². The zero-order valence-corrected chi connectivity index (χ0v) is 11.9. The summed E-state index contributed by atoms with van der Waals surface area (Å²) in [4.78, 5) is 2.48. The first-order chi connectivity index (χ1) is 7.88. The van der Waals surface area contributed by atoms with Gasteiger partial charge in [0.1, 0.15) is 0 Å². The lowest BCUT2D eigenvalue weighted by Gasteiger charge is -2.35. The van der Waals surface area contributed by atoms with Gasteiger partial charge in [0, 0.05) is 25.2 Å². The van der Waals surface area contributed by atoms with Gasteiger partial charge >= 0.3 is 0 Å². The van der Waals surface area contributed by atoms with Crippen molar-refractivity contribution in [2.45, 2.75) is 38.8 Å². The maximum Gasteiger partial charge on any atom is 0.208 e. The Bertz CT molecular complexity index is 309. The molecule has 0 aliphatic carbocycles. The van der Waals surface area contributed by atoms with E-state index in [2.05, 4.69) is 28.8 Å². The van der Waals surface area contributed by atoms with Crippen LogP contribution in [0.25, 0.3) is 0 Å². The molecule has 2 N–H and O–H groups in total. The minimum atomic E-state index is -3.05. The van der Waals surface area contributed by atoms with Crippen LogP contribution in [0.4, 0.5) is 0 Å². The number of hydrogen-bond donors (Lipinski definition) is 2. The highest BCUT2D eigenvalue weighted by molar-refractivity contribution is 7.88. The van der Waals surface area contributed by atoms with Crippen LogP contribution in [0, 0.1) is 0 Å². The van der Waals surface area contributed by atoms with Gasteiger partial charge in [-0.25, -0.2) is 13.1 Å². The molecule has 0 bridgehead atoms. The van der Waals surface area contributed by atoms with Crippen LogP contribution in [0.15, 0.2) is 0 Å². The van der Waals surface area contributed by atoms with Crippen LogP contribution in [0.1, 0.15) is 26.7 Å².